The van der Waals surface area contributed by atoms with Crippen molar-refractivity contribution >= 4 is 0 Å². The molecular formula is C9H12F2. The topological polar surface area (TPSA) is 0 Å². The first kappa shape index (κ1) is 10.1. The number of hydrogen-bond donors (Lipinski definition) is 0. The minimum Gasteiger partial charge on any atom is -0.207 e. The lowest BCUT2D eigenvalue weighted by Crippen LogP contribution is -1.80. The third kappa shape index (κ3) is 3.12. The second-order valence-electron chi connectivity index (χ2n) is 2.11. The molecule has 0 N–H and O–H groups in total. The first-order valence-corrected chi connectivity index (χ1v) is 3.44. The molecule has 0 fully saturated rings. The second kappa shape index (κ2) is 4.83. The van der Waals surface area contributed by atoms with Crippen LogP contribution in [-0.2, 0) is 0 Å². The van der Waals surface area contributed by atoms with Crippen LogP contribution in [0.1, 0.15) is 20.8 Å². The molecule has 11 heavy (non-hydrogen) atoms. The predicted molar refractivity (Wildman–Crippen MR) is 43.5 cm³/mol. The third-order valence-corrected chi connectivity index (χ3v) is 1.28. The van der Waals surface area contributed by atoms with E-state index in [1.165, 1.54) is 32.1 Å². The number of rotatable bonds is 2. The summed E-state index contributed by atoms with van der Waals surface area (Å²) in [7, 11) is 0. The zero-order valence-corrected chi connectivity index (χ0v) is 6.99. The molecule has 62 valence electrons. The standard InChI is InChI=1S/C9H12F2/c1-4-6-9(11)7(3)8(10)5-2/h4-6H,1-3H3/b6-4?,8-5+,9-7?. The van der Waals surface area contributed by atoms with E-state index in [-0.39, 0.29) is 5.57 Å². The van der Waals surface area contributed by atoms with E-state index in [1.54, 1.807) is 6.92 Å². The Hall–Kier alpha value is -0.920. The fourth-order valence-corrected chi connectivity index (χ4v) is 0.602. The molecule has 0 amide bonds. The van der Waals surface area contributed by atoms with Crippen LogP contribution in [0.5, 0.6) is 0 Å². The van der Waals surface area contributed by atoms with Crippen molar-refractivity contribution in [2.75, 3.05) is 0 Å². The fourth-order valence-electron chi connectivity index (χ4n) is 0.602. The Morgan fingerprint density at radius 1 is 1.18 bits per heavy atom. The Balaban J connectivity index is 4.66. The van der Waals surface area contributed by atoms with Gasteiger partial charge in [0.25, 0.3) is 0 Å². The van der Waals surface area contributed by atoms with Gasteiger partial charge in [0.1, 0.15) is 11.7 Å². The van der Waals surface area contributed by atoms with Gasteiger partial charge in [-0.2, -0.15) is 0 Å². The lowest BCUT2D eigenvalue weighted by Gasteiger charge is -1.95. The molecule has 0 aliphatic rings. The second-order valence-corrected chi connectivity index (χ2v) is 2.11. The fraction of sp³-hybridized carbons (Fsp3) is 0.333. The molecule has 0 aromatic heterocycles. The van der Waals surface area contributed by atoms with Crippen LogP contribution in [0.3, 0.4) is 0 Å². The van der Waals surface area contributed by atoms with Gasteiger partial charge in [-0.05, 0) is 26.8 Å². The molecule has 0 heterocycles. The van der Waals surface area contributed by atoms with Crippen LogP contribution >= 0.6 is 0 Å². The summed E-state index contributed by atoms with van der Waals surface area (Å²) in [4.78, 5) is 0. The third-order valence-electron chi connectivity index (χ3n) is 1.28. The number of hydrogen-bond acceptors (Lipinski definition) is 0. The summed E-state index contributed by atoms with van der Waals surface area (Å²) in [5.74, 6) is -1.04. The van der Waals surface area contributed by atoms with E-state index >= 15 is 0 Å². The van der Waals surface area contributed by atoms with Crippen LogP contribution in [0.4, 0.5) is 8.78 Å². The van der Waals surface area contributed by atoms with Crippen molar-refractivity contribution in [3.8, 4) is 0 Å². The summed E-state index contributed by atoms with van der Waals surface area (Å²) in [5, 5.41) is 0. The van der Waals surface area contributed by atoms with Gasteiger partial charge in [-0.15, -0.1) is 0 Å². The van der Waals surface area contributed by atoms with Crippen molar-refractivity contribution in [2.24, 2.45) is 0 Å². The Labute approximate surface area is 65.9 Å². The molecule has 0 saturated carbocycles. The van der Waals surface area contributed by atoms with Gasteiger partial charge in [-0.1, -0.05) is 12.2 Å². The van der Waals surface area contributed by atoms with Gasteiger partial charge in [0.05, 0.1) is 0 Å². The van der Waals surface area contributed by atoms with E-state index in [9.17, 15) is 8.78 Å². The molecule has 0 aromatic carbocycles. The molecule has 0 aliphatic carbocycles. The van der Waals surface area contributed by atoms with E-state index in [2.05, 4.69) is 0 Å². The van der Waals surface area contributed by atoms with Gasteiger partial charge in [-0.25, -0.2) is 8.78 Å². The first-order valence-electron chi connectivity index (χ1n) is 3.44. The molecule has 0 rings (SSSR count). The van der Waals surface area contributed by atoms with Crippen LogP contribution in [0, 0.1) is 0 Å². The van der Waals surface area contributed by atoms with Crippen molar-refractivity contribution in [3.63, 3.8) is 0 Å². The van der Waals surface area contributed by atoms with Crippen molar-refractivity contribution < 1.29 is 8.78 Å². The van der Waals surface area contributed by atoms with Gasteiger partial charge >= 0.3 is 0 Å². The lowest BCUT2D eigenvalue weighted by molar-refractivity contribution is 0.609. The minimum atomic E-state index is -0.525. The summed E-state index contributed by atoms with van der Waals surface area (Å²) >= 11 is 0. The molecule has 2 heteroatoms. The van der Waals surface area contributed by atoms with E-state index in [4.69, 9.17) is 0 Å². The SMILES string of the molecule is CC=CC(F)=C(C)/C(F)=C\C. The van der Waals surface area contributed by atoms with Gasteiger partial charge in [0.15, 0.2) is 0 Å². The average molecular weight is 158 g/mol. The first-order chi connectivity index (χ1) is 5.13. The Kier molecular flexibility index (Phi) is 4.42. The quantitative estimate of drug-likeness (QED) is 0.538. The maximum atomic E-state index is 12.7. The molecule has 0 unspecified atom stereocenters. The molecule has 0 aliphatic heterocycles. The van der Waals surface area contributed by atoms with Gasteiger partial charge in [-0.3, -0.25) is 0 Å². The largest absolute Gasteiger partial charge is 0.207 e. The molecule has 0 radical (unpaired) electrons. The monoisotopic (exact) mass is 158 g/mol. The van der Waals surface area contributed by atoms with Gasteiger partial charge < -0.3 is 0 Å². The summed E-state index contributed by atoms with van der Waals surface area (Å²) in [6.07, 6.45) is 4.00. The lowest BCUT2D eigenvalue weighted by atomic mass is 10.2. The summed E-state index contributed by atoms with van der Waals surface area (Å²) in [6, 6.07) is 0. The summed E-state index contributed by atoms with van der Waals surface area (Å²) < 4.78 is 25.4. The highest BCUT2D eigenvalue weighted by Gasteiger charge is 2.01. The normalized spacial score (nSPS) is 15.5. The number of allylic oxidation sites excluding steroid dienone is 6. The molecule has 0 saturated heterocycles. The zero-order valence-electron chi connectivity index (χ0n) is 6.99. The predicted octanol–water partition coefficient (Wildman–Crippen LogP) is 3.68. The molecule has 0 atom stereocenters. The Bertz CT molecular complexity index is 210. The minimum absolute atomic E-state index is 0.0469. The van der Waals surface area contributed by atoms with Crippen LogP contribution in [0.25, 0.3) is 0 Å². The summed E-state index contributed by atoms with van der Waals surface area (Å²) in [5.41, 5.74) is 0.0469. The van der Waals surface area contributed by atoms with E-state index in [0.717, 1.165) is 0 Å². The summed E-state index contributed by atoms with van der Waals surface area (Å²) in [6.45, 7) is 4.62. The van der Waals surface area contributed by atoms with Crippen LogP contribution in [0.2, 0.25) is 0 Å². The van der Waals surface area contributed by atoms with Crippen molar-refractivity contribution in [2.45, 2.75) is 20.8 Å². The smallest absolute Gasteiger partial charge is 0.128 e. The van der Waals surface area contributed by atoms with Gasteiger partial charge in [0, 0.05) is 5.57 Å². The molecular weight excluding hydrogens is 146 g/mol. The van der Waals surface area contributed by atoms with Crippen LogP contribution in [0.15, 0.2) is 35.5 Å². The Morgan fingerprint density at radius 2 is 1.73 bits per heavy atom. The maximum Gasteiger partial charge on any atom is 0.128 e. The van der Waals surface area contributed by atoms with Crippen LogP contribution < -0.4 is 0 Å². The highest BCUT2D eigenvalue weighted by Crippen LogP contribution is 2.17. The highest BCUT2D eigenvalue weighted by atomic mass is 19.1. The maximum absolute atomic E-state index is 12.7. The highest BCUT2D eigenvalue weighted by molar-refractivity contribution is 5.30. The molecule has 0 bridgehead atoms. The Morgan fingerprint density at radius 3 is 2.09 bits per heavy atom. The molecule has 0 spiro atoms. The van der Waals surface area contributed by atoms with E-state index < -0.39 is 11.7 Å². The zero-order chi connectivity index (χ0) is 8.85. The van der Waals surface area contributed by atoms with E-state index in [1.807, 2.05) is 0 Å². The van der Waals surface area contributed by atoms with Crippen molar-refractivity contribution in [1.29, 1.82) is 0 Å². The molecule has 0 nitrogen and oxygen atoms in total. The van der Waals surface area contributed by atoms with E-state index in [0.29, 0.717) is 0 Å². The molecule has 0 aromatic rings. The van der Waals surface area contributed by atoms with Crippen LogP contribution in [-0.4, -0.2) is 0 Å². The number of halogens is 2. The van der Waals surface area contributed by atoms with Gasteiger partial charge in [0.2, 0.25) is 0 Å². The van der Waals surface area contributed by atoms with Crippen molar-refractivity contribution in [1.82, 2.24) is 0 Å². The van der Waals surface area contributed by atoms with Crippen molar-refractivity contribution in [3.05, 3.63) is 35.5 Å². The average Bonchev–Trinajstić information content (AvgIpc) is 2.02.